The van der Waals surface area contributed by atoms with Crippen LogP contribution in [0.5, 0.6) is 0 Å². The van der Waals surface area contributed by atoms with E-state index in [9.17, 15) is 0 Å². The van der Waals surface area contributed by atoms with E-state index in [1.54, 1.807) is 0 Å². The van der Waals surface area contributed by atoms with E-state index in [0.29, 0.717) is 0 Å². The lowest BCUT2D eigenvalue weighted by molar-refractivity contribution is -0.0991. The summed E-state index contributed by atoms with van der Waals surface area (Å²) >= 11 is 0. The van der Waals surface area contributed by atoms with Gasteiger partial charge in [0.1, 0.15) is 0 Å². The second kappa shape index (κ2) is 4.40. The monoisotopic (exact) mass is 212 g/mol. The fourth-order valence-corrected chi connectivity index (χ4v) is 2.90. The summed E-state index contributed by atoms with van der Waals surface area (Å²) in [5.74, 6) is 0.832. The van der Waals surface area contributed by atoms with Crippen molar-refractivity contribution in [2.45, 2.75) is 38.8 Å². The Hall–Kier alpha value is -0.120. The predicted octanol–water partition coefficient (Wildman–Crippen LogP) is 1.10. The first-order valence-corrected chi connectivity index (χ1v) is 6.21. The highest BCUT2D eigenvalue weighted by atomic mass is 16.5. The number of ether oxygens (including phenoxy) is 1. The van der Waals surface area contributed by atoms with Gasteiger partial charge >= 0.3 is 0 Å². The van der Waals surface area contributed by atoms with Gasteiger partial charge < -0.3 is 10.1 Å². The molecule has 0 radical (unpaired) electrons. The molecule has 2 fully saturated rings. The van der Waals surface area contributed by atoms with E-state index in [0.717, 1.165) is 38.2 Å². The third-order valence-electron chi connectivity index (χ3n) is 3.75. The third kappa shape index (κ3) is 2.52. The molecule has 88 valence electrons. The van der Waals surface area contributed by atoms with Crippen molar-refractivity contribution < 1.29 is 4.74 Å². The summed E-state index contributed by atoms with van der Waals surface area (Å²) in [5, 5.41) is 3.52. The first kappa shape index (κ1) is 11.4. The molecule has 2 unspecified atom stereocenters. The van der Waals surface area contributed by atoms with E-state index in [1.807, 2.05) is 0 Å². The lowest BCUT2D eigenvalue weighted by atomic mass is 9.97. The smallest absolute Gasteiger partial charge is 0.0753 e. The van der Waals surface area contributed by atoms with Crippen molar-refractivity contribution in [1.29, 1.82) is 0 Å². The Balaban J connectivity index is 1.97. The Kier molecular flexibility index (Phi) is 3.33. The van der Waals surface area contributed by atoms with Crippen LogP contribution in [-0.2, 0) is 4.74 Å². The van der Waals surface area contributed by atoms with E-state index >= 15 is 0 Å². The van der Waals surface area contributed by atoms with Gasteiger partial charge in [0.2, 0.25) is 0 Å². The van der Waals surface area contributed by atoms with E-state index in [-0.39, 0.29) is 5.60 Å². The van der Waals surface area contributed by atoms with E-state index in [4.69, 9.17) is 4.74 Å². The highest BCUT2D eigenvalue weighted by Gasteiger charge is 2.36. The van der Waals surface area contributed by atoms with Crippen LogP contribution < -0.4 is 5.32 Å². The molecular weight excluding hydrogens is 188 g/mol. The van der Waals surface area contributed by atoms with Crippen LogP contribution in [-0.4, -0.2) is 49.3 Å². The van der Waals surface area contributed by atoms with Crippen molar-refractivity contribution in [2.24, 2.45) is 5.92 Å². The topological polar surface area (TPSA) is 24.5 Å². The van der Waals surface area contributed by atoms with Crippen LogP contribution in [0.25, 0.3) is 0 Å². The molecule has 2 saturated heterocycles. The minimum Gasteiger partial charge on any atom is -0.373 e. The standard InChI is InChI=1S/C12H24N2O/c1-4-10-7-13-8-11(10)14-5-6-15-12(2,3)9-14/h10-11,13H,4-9H2,1-3H3. The van der Waals surface area contributed by atoms with Gasteiger partial charge in [-0.2, -0.15) is 0 Å². The summed E-state index contributed by atoms with van der Waals surface area (Å²) in [7, 11) is 0. The zero-order chi connectivity index (χ0) is 10.9. The lowest BCUT2D eigenvalue weighted by Gasteiger charge is -2.42. The van der Waals surface area contributed by atoms with E-state index in [1.165, 1.54) is 13.0 Å². The summed E-state index contributed by atoms with van der Waals surface area (Å²) in [4.78, 5) is 2.62. The van der Waals surface area contributed by atoms with Crippen LogP contribution >= 0.6 is 0 Å². The maximum atomic E-state index is 5.76. The second-order valence-electron chi connectivity index (χ2n) is 5.47. The van der Waals surface area contributed by atoms with Crippen molar-refractivity contribution in [2.75, 3.05) is 32.8 Å². The molecule has 0 aromatic rings. The summed E-state index contributed by atoms with van der Waals surface area (Å²) in [6, 6.07) is 0.734. The van der Waals surface area contributed by atoms with Crippen LogP contribution in [0.4, 0.5) is 0 Å². The molecule has 3 nitrogen and oxygen atoms in total. The first-order chi connectivity index (χ1) is 7.12. The SMILES string of the molecule is CCC1CNCC1N1CCOC(C)(C)C1. The molecule has 0 aromatic heterocycles. The Morgan fingerprint density at radius 3 is 2.87 bits per heavy atom. The Morgan fingerprint density at radius 2 is 2.20 bits per heavy atom. The molecule has 2 aliphatic heterocycles. The Labute approximate surface area is 93.2 Å². The predicted molar refractivity (Wildman–Crippen MR) is 62.0 cm³/mol. The average molecular weight is 212 g/mol. The molecule has 0 spiro atoms. The Bertz CT molecular complexity index is 218. The minimum atomic E-state index is 0.0408. The third-order valence-corrected chi connectivity index (χ3v) is 3.75. The highest BCUT2D eigenvalue weighted by molar-refractivity contribution is 4.92. The number of morpholine rings is 1. The van der Waals surface area contributed by atoms with Gasteiger partial charge in [0.25, 0.3) is 0 Å². The fraction of sp³-hybridized carbons (Fsp3) is 1.00. The molecule has 0 aliphatic carbocycles. The second-order valence-corrected chi connectivity index (χ2v) is 5.47. The molecule has 2 rings (SSSR count). The van der Waals surface area contributed by atoms with Crippen LogP contribution in [0.3, 0.4) is 0 Å². The molecule has 2 heterocycles. The van der Waals surface area contributed by atoms with Gasteiger partial charge in [-0.1, -0.05) is 13.3 Å². The molecule has 2 aliphatic rings. The van der Waals surface area contributed by atoms with Gasteiger partial charge in [-0.25, -0.2) is 0 Å². The highest BCUT2D eigenvalue weighted by Crippen LogP contribution is 2.24. The summed E-state index contributed by atoms with van der Waals surface area (Å²) < 4.78 is 5.76. The van der Waals surface area contributed by atoms with Gasteiger partial charge in [0.15, 0.2) is 0 Å². The van der Waals surface area contributed by atoms with Crippen molar-refractivity contribution in [3.8, 4) is 0 Å². The van der Waals surface area contributed by atoms with Gasteiger partial charge in [0.05, 0.1) is 12.2 Å². The average Bonchev–Trinajstić information content (AvgIpc) is 2.63. The van der Waals surface area contributed by atoms with Crippen LogP contribution in [0, 0.1) is 5.92 Å². The van der Waals surface area contributed by atoms with Crippen molar-refractivity contribution in [3.63, 3.8) is 0 Å². The largest absolute Gasteiger partial charge is 0.373 e. The molecule has 1 N–H and O–H groups in total. The molecule has 0 saturated carbocycles. The molecule has 0 bridgehead atoms. The molecule has 15 heavy (non-hydrogen) atoms. The zero-order valence-electron chi connectivity index (χ0n) is 10.3. The number of nitrogens with zero attached hydrogens (tertiary/aromatic N) is 1. The Morgan fingerprint density at radius 1 is 1.40 bits per heavy atom. The van der Waals surface area contributed by atoms with E-state index < -0.39 is 0 Å². The van der Waals surface area contributed by atoms with Crippen LogP contribution in [0.2, 0.25) is 0 Å². The number of hydrogen-bond donors (Lipinski definition) is 1. The summed E-state index contributed by atoms with van der Waals surface area (Å²) in [6.45, 7) is 12.1. The maximum Gasteiger partial charge on any atom is 0.0753 e. The fourth-order valence-electron chi connectivity index (χ4n) is 2.90. The van der Waals surface area contributed by atoms with Crippen molar-refractivity contribution in [3.05, 3.63) is 0 Å². The summed E-state index contributed by atoms with van der Waals surface area (Å²) in [6.07, 6.45) is 1.29. The molecular formula is C12H24N2O. The minimum absolute atomic E-state index is 0.0408. The van der Waals surface area contributed by atoms with Gasteiger partial charge in [-0.05, 0) is 26.3 Å². The molecule has 2 atom stereocenters. The zero-order valence-corrected chi connectivity index (χ0v) is 10.3. The van der Waals surface area contributed by atoms with Gasteiger partial charge in [-0.3, -0.25) is 4.90 Å². The van der Waals surface area contributed by atoms with Crippen LogP contribution in [0.15, 0.2) is 0 Å². The normalized spacial score (nSPS) is 37.0. The summed E-state index contributed by atoms with van der Waals surface area (Å²) in [5.41, 5.74) is 0.0408. The molecule has 0 amide bonds. The van der Waals surface area contributed by atoms with Crippen molar-refractivity contribution >= 4 is 0 Å². The lowest BCUT2D eigenvalue weighted by Crippen LogP contribution is -2.54. The van der Waals surface area contributed by atoms with Gasteiger partial charge in [0, 0.05) is 25.7 Å². The molecule has 0 aromatic carbocycles. The van der Waals surface area contributed by atoms with Gasteiger partial charge in [-0.15, -0.1) is 0 Å². The quantitative estimate of drug-likeness (QED) is 0.742. The van der Waals surface area contributed by atoms with E-state index in [2.05, 4.69) is 31.0 Å². The number of rotatable bonds is 2. The maximum absolute atomic E-state index is 5.76. The number of hydrogen-bond acceptors (Lipinski definition) is 3. The molecule has 3 heteroatoms. The van der Waals surface area contributed by atoms with Crippen molar-refractivity contribution in [1.82, 2.24) is 10.2 Å². The van der Waals surface area contributed by atoms with Crippen LogP contribution in [0.1, 0.15) is 27.2 Å². The number of nitrogens with one attached hydrogen (secondary N) is 1. The first-order valence-electron chi connectivity index (χ1n) is 6.21.